The minimum absolute atomic E-state index is 0.00231. The lowest BCUT2D eigenvalue weighted by Crippen LogP contribution is -2.51. The van der Waals surface area contributed by atoms with Gasteiger partial charge < -0.3 is 5.11 Å². The predicted octanol–water partition coefficient (Wildman–Crippen LogP) is 2.79. The normalized spacial score (nSPS) is 45.7. The van der Waals surface area contributed by atoms with Crippen molar-refractivity contribution < 1.29 is 5.11 Å². The molecule has 0 bridgehead atoms. The van der Waals surface area contributed by atoms with E-state index in [2.05, 4.69) is 12.6 Å². The third-order valence-corrected chi connectivity index (χ3v) is 4.23. The third kappa shape index (κ3) is 1.50. The summed E-state index contributed by atoms with van der Waals surface area (Å²) in [6, 6.07) is 2.48. The van der Waals surface area contributed by atoms with E-state index in [4.69, 9.17) is 0 Å². The third-order valence-electron chi connectivity index (χ3n) is 4.23. The molecule has 2 aliphatic carbocycles. The molecule has 0 unspecified atom stereocenters. The van der Waals surface area contributed by atoms with Gasteiger partial charge in [0.1, 0.15) is 0 Å². The van der Waals surface area contributed by atoms with Crippen LogP contribution in [0.4, 0.5) is 0 Å². The summed E-state index contributed by atoms with van der Waals surface area (Å²) in [6.45, 7) is 5.95. The molecule has 0 aromatic carbocycles. The van der Waals surface area contributed by atoms with Crippen LogP contribution in [-0.4, -0.2) is 10.7 Å². The van der Waals surface area contributed by atoms with Gasteiger partial charge in [-0.05, 0) is 45.4 Å². The molecule has 0 spiro atoms. The summed E-state index contributed by atoms with van der Waals surface area (Å²) in [6.07, 6.45) is 5.67. The molecule has 2 nitrogen and oxygen atoms in total. The Hall–Kier alpha value is -0.810. The van der Waals surface area contributed by atoms with E-state index in [0.717, 1.165) is 44.1 Å². The molecule has 2 heteroatoms. The molecule has 0 amide bonds. The zero-order valence-electron chi connectivity index (χ0n) is 9.42. The van der Waals surface area contributed by atoms with Gasteiger partial charge in [-0.25, -0.2) is 0 Å². The first-order valence-corrected chi connectivity index (χ1v) is 5.83. The highest BCUT2D eigenvalue weighted by Gasteiger charge is 2.53. The first kappa shape index (κ1) is 10.7. The SMILES string of the molecule is C=C1CCC[C@@]2(C#N)CCC[C@@](C)(O)[C@@H]12. The molecule has 1 N–H and O–H groups in total. The van der Waals surface area contributed by atoms with Gasteiger partial charge in [-0.3, -0.25) is 0 Å². The van der Waals surface area contributed by atoms with Gasteiger partial charge in [-0.2, -0.15) is 5.26 Å². The Labute approximate surface area is 91.6 Å². The standard InChI is InChI=1S/C13H19NO/c1-10-5-3-7-13(9-14)8-4-6-12(2,15)11(10)13/h11,15H,1,3-8H2,2H3/t11-,12-,13+/m1/s1. The Morgan fingerprint density at radius 3 is 2.67 bits per heavy atom. The van der Waals surface area contributed by atoms with E-state index >= 15 is 0 Å². The topological polar surface area (TPSA) is 44.0 Å². The Bertz CT molecular complexity index is 322. The molecule has 2 rings (SSSR count). The number of aliphatic hydroxyl groups is 1. The zero-order valence-corrected chi connectivity index (χ0v) is 9.42. The van der Waals surface area contributed by atoms with Crippen molar-refractivity contribution in [2.24, 2.45) is 11.3 Å². The first-order chi connectivity index (χ1) is 7.02. The summed E-state index contributed by atoms with van der Waals surface area (Å²) in [4.78, 5) is 0. The highest BCUT2D eigenvalue weighted by Crippen LogP contribution is 2.55. The van der Waals surface area contributed by atoms with Crippen LogP contribution in [0.1, 0.15) is 45.4 Å². The van der Waals surface area contributed by atoms with Crippen molar-refractivity contribution in [3.8, 4) is 6.07 Å². The first-order valence-electron chi connectivity index (χ1n) is 5.83. The summed E-state index contributed by atoms with van der Waals surface area (Å²) in [5, 5.41) is 19.8. The molecule has 15 heavy (non-hydrogen) atoms. The second-order valence-corrected chi connectivity index (χ2v) is 5.42. The van der Waals surface area contributed by atoms with E-state index in [-0.39, 0.29) is 11.3 Å². The monoisotopic (exact) mass is 205 g/mol. The summed E-state index contributed by atoms with van der Waals surface area (Å²) >= 11 is 0. The van der Waals surface area contributed by atoms with Crippen LogP contribution >= 0.6 is 0 Å². The van der Waals surface area contributed by atoms with Crippen molar-refractivity contribution >= 4 is 0 Å². The number of rotatable bonds is 0. The molecule has 0 aromatic rings. The Morgan fingerprint density at radius 1 is 1.40 bits per heavy atom. The minimum atomic E-state index is -0.717. The Balaban J connectivity index is 2.42. The molecule has 2 aliphatic rings. The maximum Gasteiger partial charge on any atom is 0.0700 e. The maximum absolute atomic E-state index is 10.4. The number of hydrogen-bond donors (Lipinski definition) is 1. The van der Waals surface area contributed by atoms with Gasteiger partial charge in [0.05, 0.1) is 17.1 Å². The lowest BCUT2D eigenvalue weighted by molar-refractivity contribution is -0.0753. The van der Waals surface area contributed by atoms with Crippen LogP contribution in [0.2, 0.25) is 0 Å². The van der Waals surface area contributed by atoms with Gasteiger partial charge >= 0.3 is 0 Å². The van der Waals surface area contributed by atoms with Crippen LogP contribution in [-0.2, 0) is 0 Å². The van der Waals surface area contributed by atoms with Crippen molar-refractivity contribution in [3.05, 3.63) is 12.2 Å². The van der Waals surface area contributed by atoms with E-state index in [1.807, 2.05) is 6.92 Å². The van der Waals surface area contributed by atoms with Crippen molar-refractivity contribution in [3.63, 3.8) is 0 Å². The zero-order chi connectivity index (χ0) is 11.1. The highest BCUT2D eigenvalue weighted by molar-refractivity contribution is 5.24. The molecule has 0 saturated heterocycles. The van der Waals surface area contributed by atoms with Crippen molar-refractivity contribution in [1.82, 2.24) is 0 Å². The fraction of sp³-hybridized carbons (Fsp3) is 0.769. The molecule has 2 saturated carbocycles. The smallest absolute Gasteiger partial charge is 0.0700 e. The highest BCUT2D eigenvalue weighted by atomic mass is 16.3. The van der Waals surface area contributed by atoms with Crippen molar-refractivity contribution in [2.75, 3.05) is 0 Å². The second kappa shape index (κ2) is 3.35. The van der Waals surface area contributed by atoms with Crippen molar-refractivity contribution in [1.29, 1.82) is 5.26 Å². The van der Waals surface area contributed by atoms with Crippen LogP contribution in [0.5, 0.6) is 0 Å². The largest absolute Gasteiger partial charge is 0.389 e. The average molecular weight is 205 g/mol. The predicted molar refractivity (Wildman–Crippen MR) is 59.0 cm³/mol. The molecular formula is C13H19NO. The fourth-order valence-corrected chi connectivity index (χ4v) is 3.70. The lowest BCUT2D eigenvalue weighted by Gasteiger charge is -2.51. The molecule has 2 fully saturated rings. The maximum atomic E-state index is 10.4. The van der Waals surface area contributed by atoms with Crippen LogP contribution < -0.4 is 0 Å². The summed E-state index contributed by atoms with van der Waals surface area (Å²) < 4.78 is 0. The van der Waals surface area contributed by atoms with E-state index in [1.54, 1.807) is 0 Å². The van der Waals surface area contributed by atoms with Gasteiger partial charge in [0.25, 0.3) is 0 Å². The van der Waals surface area contributed by atoms with Gasteiger partial charge in [0, 0.05) is 5.92 Å². The van der Waals surface area contributed by atoms with Crippen LogP contribution in [0.15, 0.2) is 12.2 Å². The van der Waals surface area contributed by atoms with E-state index in [0.29, 0.717) is 0 Å². The Kier molecular flexibility index (Phi) is 2.39. The van der Waals surface area contributed by atoms with Crippen LogP contribution in [0.3, 0.4) is 0 Å². The molecule has 0 radical (unpaired) electrons. The second-order valence-electron chi connectivity index (χ2n) is 5.42. The number of nitriles is 1. The molecule has 3 atom stereocenters. The van der Waals surface area contributed by atoms with Gasteiger partial charge in [0.2, 0.25) is 0 Å². The number of hydrogen-bond acceptors (Lipinski definition) is 2. The molecular weight excluding hydrogens is 186 g/mol. The van der Waals surface area contributed by atoms with E-state index < -0.39 is 5.60 Å². The van der Waals surface area contributed by atoms with Gasteiger partial charge in [0.15, 0.2) is 0 Å². The van der Waals surface area contributed by atoms with Crippen molar-refractivity contribution in [2.45, 2.75) is 51.0 Å². The van der Waals surface area contributed by atoms with E-state index in [9.17, 15) is 10.4 Å². The Morgan fingerprint density at radius 2 is 2.07 bits per heavy atom. The summed E-state index contributed by atoms with van der Waals surface area (Å²) in [5.41, 5.74) is 0.0512. The van der Waals surface area contributed by atoms with Crippen LogP contribution in [0.25, 0.3) is 0 Å². The summed E-state index contributed by atoms with van der Waals surface area (Å²) in [5.74, 6) is -0.00231. The fourth-order valence-electron chi connectivity index (χ4n) is 3.70. The molecule has 0 aliphatic heterocycles. The van der Waals surface area contributed by atoms with Crippen LogP contribution in [0, 0.1) is 22.7 Å². The molecule has 0 aromatic heterocycles. The minimum Gasteiger partial charge on any atom is -0.389 e. The van der Waals surface area contributed by atoms with E-state index in [1.165, 1.54) is 0 Å². The quantitative estimate of drug-likeness (QED) is 0.618. The van der Waals surface area contributed by atoms with Gasteiger partial charge in [-0.1, -0.05) is 12.2 Å². The average Bonchev–Trinajstić information content (AvgIpc) is 2.16. The lowest BCUT2D eigenvalue weighted by atomic mass is 9.54. The summed E-state index contributed by atoms with van der Waals surface area (Å²) in [7, 11) is 0. The molecule has 0 heterocycles. The molecule has 82 valence electrons. The number of fused-ring (bicyclic) bond motifs is 1. The number of nitrogens with zero attached hydrogens (tertiary/aromatic N) is 1. The van der Waals surface area contributed by atoms with Gasteiger partial charge in [-0.15, -0.1) is 0 Å².